The molecule has 106 valence electrons. The minimum absolute atomic E-state index is 0.0884. The second kappa shape index (κ2) is 5.78. The molecule has 0 fully saturated rings. The van der Waals surface area contributed by atoms with Crippen LogP contribution in [0.3, 0.4) is 0 Å². The monoisotopic (exact) mass is 358 g/mol. The predicted octanol–water partition coefficient (Wildman–Crippen LogP) is 2.20. The van der Waals surface area contributed by atoms with E-state index < -0.39 is 15.9 Å². The van der Waals surface area contributed by atoms with Gasteiger partial charge in [-0.05, 0) is 47.2 Å². The summed E-state index contributed by atoms with van der Waals surface area (Å²) in [5.74, 6) is -0.621. The van der Waals surface area contributed by atoms with Crippen LogP contribution in [0.1, 0.15) is 10.6 Å². The van der Waals surface area contributed by atoms with E-state index in [1.807, 2.05) is 6.07 Å². The molecule has 1 amide bonds. The number of hydrogen-bond acceptors (Lipinski definition) is 4. The first kappa shape index (κ1) is 14.8. The Balaban J connectivity index is 2.21. The Morgan fingerprint density at radius 1 is 1.20 bits per heavy atom. The van der Waals surface area contributed by atoms with E-state index in [1.165, 1.54) is 19.2 Å². The molecule has 0 atom stereocenters. The zero-order valence-electron chi connectivity index (χ0n) is 10.4. The van der Waals surface area contributed by atoms with Crippen LogP contribution in [0.25, 0.3) is 0 Å². The first-order valence-corrected chi connectivity index (χ1v) is 7.81. The average molecular weight is 359 g/mol. The number of amides is 1. The number of furan rings is 1. The van der Waals surface area contributed by atoms with Gasteiger partial charge in [-0.1, -0.05) is 12.1 Å². The van der Waals surface area contributed by atoms with E-state index in [0.29, 0.717) is 10.2 Å². The highest BCUT2D eigenvalue weighted by Crippen LogP contribution is 2.22. The molecule has 0 bridgehead atoms. The maximum absolute atomic E-state index is 12.0. The van der Waals surface area contributed by atoms with Gasteiger partial charge in [-0.15, -0.1) is 0 Å². The number of para-hydroxylation sites is 1. The van der Waals surface area contributed by atoms with Crippen molar-refractivity contribution >= 4 is 37.5 Å². The third kappa shape index (κ3) is 3.09. The molecule has 0 aliphatic heterocycles. The Bertz CT molecular complexity index is 739. The number of halogens is 1. The summed E-state index contributed by atoms with van der Waals surface area (Å²) in [6.07, 6.45) is 0. The summed E-state index contributed by atoms with van der Waals surface area (Å²) < 4.78 is 30.9. The fourth-order valence-electron chi connectivity index (χ4n) is 1.43. The Kier molecular flexibility index (Phi) is 4.26. The fourth-order valence-corrected chi connectivity index (χ4v) is 2.47. The molecule has 0 aliphatic carbocycles. The van der Waals surface area contributed by atoms with Gasteiger partial charge in [-0.2, -0.15) is 0 Å². The number of rotatable bonds is 4. The normalized spacial score (nSPS) is 11.3. The van der Waals surface area contributed by atoms with Gasteiger partial charge in [-0.25, -0.2) is 13.1 Å². The van der Waals surface area contributed by atoms with Crippen molar-refractivity contribution in [2.24, 2.45) is 0 Å². The molecule has 6 nitrogen and oxygen atoms in total. The molecule has 1 heterocycles. The third-order valence-electron chi connectivity index (χ3n) is 2.46. The van der Waals surface area contributed by atoms with E-state index in [0.717, 1.165) is 0 Å². The van der Waals surface area contributed by atoms with Crippen molar-refractivity contribution in [2.75, 3.05) is 12.4 Å². The van der Waals surface area contributed by atoms with Gasteiger partial charge in [0.1, 0.15) is 0 Å². The number of nitrogens with one attached hydrogen (secondary N) is 2. The molecule has 0 spiro atoms. The van der Waals surface area contributed by atoms with Crippen LogP contribution in [-0.2, 0) is 10.0 Å². The molecule has 0 radical (unpaired) electrons. The van der Waals surface area contributed by atoms with E-state index in [1.54, 1.807) is 18.2 Å². The quantitative estimate of drug-likeness (QED) is 0.876. The lowest BCUT2D eigenvalue weighted by molar-refractivity contribution is 0.0991. The Morgan fingerprint density at radius 3 is 2.55 bits per heavy atom. The van der Waals surface area contributed by atoms with Gasteiger partial charge in [0, 0.05) is 4.47 Å². The van der Waals surface area contributed by atoms with Crippen molar-refractivity contribution in [1.29, 1.82) is 0 Å². The summed E-state index contributed by atoms with van der Waals surface area (Å²) in [4.78, 5) is 12.0. The number of carbonyl (C=O) groups excluding carboxylic acids is 1. The molecule has 2 aromatic rings. The van der Waals surface area contributed by atoms with Gasteiger partial charge >= 0.3 is 0 Å². The second-order valence-corrected chi connectivity index (χ2v) is 6.43. The summed E-state index contributed by atoms with van der Waals surface area (Å²) >= 11 is 3.29. The van der Waals surface area contributed by atoms with E-state index in [4.69, 9.17) is 4.42 Å². The number of carbonyl (C=O) groups is 1. The third-order valence-corrected chi connectivity index (χ3v) is 4.44. The minimum atomic E-state index is -3.70. The molecule has 2 N–H and O–H groups in total. The Hall–Kier alpha value is -1.64. The predicted molar refractivity (Wildman–Crippen MR) is 77.0 cm³/mol. The maximum Gasteiger partial charge on any atom is 0.291 e. The highest BCUT2D eigenvalue weighted by atomic mass is 79.9. The summed E-state index contributed by atoms with van der Waals surface area (Å²) in [5, 5.41) is 2.31. The standard InChI is InChI=1S/C12H11BrN2O4S/c1-14-20(17,18)11-7-6-10(19-11)12(16)15-9-5-3-2-4-8(9)13/h2-7,14H,1H3,(H,15,16). The number of benzene rings is 1. The SMILES string of the molecule is CNS(=O)(=O)c1ccc(C(=O)Nc2ccccc2Br)o1. The minimum Gasteiger partial charge on any atom is -0.438 e. The van der Waals surface area contributed by atoms with Gasteiger partial charge in [0.15, 0.2) is 5.76 Å². The van der Waals surface area contributed by atoms with Crippen LogP contribution in [-0.4, -0.2) is 21.4 Å². The van der Waals surface area contributed by atoms with Crippen LogP contribution in [0.2, 0.25) is 0 Å². The van der Waals surface area contributed by atoms with Crippen molar-refractivity contribution in [2.45, 2.75) is 5.09 Å². The van der Waals surface area contributed by atoms with Crippen LogP contribution in [0.4, 0.5) is 5.69 Å². The smallest absolute Gasteiger partial charge is 0.291 e. The van der Waals surface area contributed by atoms with E-state index in [2.05, 4.69) is 26.0 Å². The summed E-state index contributed by atoms with van der Waals surface area (Å²) in [5.41, 5.74) is 0.562. The largest absolute Gasteiger partial charge is 0.438 e. The molecule has 0 unspecified atom stereocenters. The van der Waals surface area contributed by atoms with Gasteiger partial charge in [0.2, 0.25) is 5.09 Å². The van der Waals surface area contributed by atoms with Crippen molar-refractivity contribution in [3.8, 4) is 0 Å². The van der Waals surface area contributed by atoms with Crippen molar-refractivity contribution in [1.82, 2.24) is 4.72 Å². The van der Waals surface area contributed by atoms with Gasteiger partial charge < -0.3 is 9.73 Å². The average Bonchev–Trinajstić information content (AvgIpc) is 2.92. The molecule has 2 rings (SSSR count). The van der Waals surface area contributed by atoms with Crippen LogP contribution in [0, 0.1) is 0 Å². The lowest BCUT2D eigenvalue weighted by Crippen LogP contribution is -2.18. The first-order valence-electron chi connectivity index (χ1n) is 5.53. The molecule has 1 aromatic carbocycles. The van der Waals surface area contributed by atoms with E-state index >= 15 is 0 Å². The second-order valence-electron chi connectivity index (χ2n) is 3.76. The lowest BCUT2D eigenvalue weighted by atomic mass is 10.3. The van der Waals surface area contributed by atoms with Crippen molar-refractivity contribution in [3.05, 3.63) is 46.6 Å². The first-order chi connectivity index (χ1) is 9.44. The summed E-state index contributed by atoms with van der Waals surface area (Å²) in [6.45, 7) is 0. The zero-order valence-corrected chi connectivity index (χ0v) is 12.8. The Labute approximate surface area is 124 Å². The lowest BCUT2D eigenvalue weighted by Gasteiger charge is -2.05. The number of sulfonamides is 1. The van der Waals surface area contributed by atoms with Crippen LogP contribution >= 0.6 is 15.9 Å². The number of hydrogen-bond donors (Lipinski definition) is 2. The maximum atomic E-state index is 12.0. The highest BCUT2D eigenvalue weighted by Gasteiger charge is 2.19. The highest BCUT2D eigenvalue weighted by molar-refractivity contribution is 9.10. The zero-order chi connectivity index (χ0) is 14.8. The molecule has 8 heteroatoms. The van der Waals surface area contributed by atoms with Gasteiger partial charge in [0.05, 0.1) is 5.69 Å². The molecular weight excluding hydrogens is 348 g/mol. The summed E-state index contributed by atoms with van der Waals surface area (Å²) in [6, 6.07) is 9.58. The molecule has 1 aromatic heterocycles. The van der Waals surface area contributed by atoms with Crippen LogP contribution < -0.4 is 10.0 Å². The van der Waals surface area contributed by atoms with E-state index in [9.17, 15) is 13.2 Å². The number of anilines is 1. The molecule has 0 saturated carbocycles. The molecule has 0 aliphatic rings. The topological polar surface area (TPSA) is 88.4 Å². The molecule has 0 saturated heterocycles. The van der Waals surface area contributed by atoms with E-state index in [-0.39, 0.29) is 10.9 Å². The van der Waals surface area contributed by atoms with Crippen LogP contribution in [0.5, 0.6) is 0 Å². The van der Waals surface area contributed by atoms with Gasteiger partial charge in [-0.3, -0.25) is 4.79 Å². The summed E-state index contributed by atoms with van der Waals surface area (Å²) in [7, 11) is -2.44. The fraction of sp³-hybridized carbons (Fsp3) is 0.0833. The molecule has 20 heavy (non-hydrogen) atoms. The molecular formula is C12H11BrN2O4S. The van der Waals surface area contributed by atoms with Crippen molar-refractivity contribution in [3.63, 3.8) is 0 Å². The van der Waals surface area contributed by atoms with Crippen molar-refractivity contribution < 1.29 is 17.6 Å². The Morgan fingerprint density at radius 2 is 1.90 bits per heavy atom. The van der Waals surface area contributed by atoms with Crippen LogP contribution in [0.15, 0.2) is 50.4 Å². The van der Waals surface area contributed by atoms with Gasteiger partial charge in [0.25, 0.3) is 15.9 Å².